The molecule has 3 aliphatic rings. The molecule has 0 radical (unpaired) electrons. The van der Waals surface area contributed by atoms with Crippen LogP contribution in [-0.4, -0.2) is 40.4 Å². The molecule has 1 aromatic rings. The first kappa shape index (κ1) is 17.1. The molecule has 26 heavy (non-hydrogen) atoms. The van der Waals surface area contributed by atoms with Crippen LogP contribution < -0.4 is 5.32 Å². The van der Waals surface area contributed by atoms with Crippen molar-refractivity contribution in [2.75, 3.05) is 11.9 Å². The minimum absolute atomic E-state index is 0.0513. The van der Waals surface area contributed by atoms with Gasteiger partial charge in [-0.05, 0) is 49.1 Å². The number of hydrogen-bond donors (Lipinski definition) is 2. The zero-order valence-corrected chi connectivity index (χ0v) is 14.7. The fourth-order valence-corrected chi connectivity index (χ4v) is 4.97. The molecule has 4 atom stereocenters. The molecule has 2 aliphatic heterocycles. The predicted molar refractivity (Wildman–Crippen MR) is 95.5 cm³/mol. The lowest BCUT2D eigenvalue weighted by atomic mass is 9.89. The largest absolute Gasteiger partial charge is 0.480 e. The van der Waals surface area contributed by atoms with Crippen molar-refractivity contribution in [2.24, 2.45) is 17.8 Å². The molecule has 1 aliphatic carbocycles. The Labute approximate surface area is 152 Å². The topological polar surface area (TPSA) is 86.7 Å². The number of carboxylic acid groups (broad SMARTS) is 1. The Bertz CT molecular complexity index is 747. The van der Waals surface area contributed by atoms with Gasteiger partial charge in [-0.2, -0.15) is 0 Å². The zero-order chi connectivity index (χ0) is 18.3. The molecule has 4 unspecified atom stereocenters. The molecule has 2 amide bonds. The van der Waals surface area contributed by atoms with Crippen LogP contribution in [0.3, 0.4) is 0 Å². The molecule has 2 heterocycles. The van der Waals surface area contributed by atoms with E-state index in [9.17, 15) is 19.5 Å². The Balaban J connectivity index is 1.40. The van der Waals surface area contributed by atoms with Crippen LogP contribution in [0.4, 0.5) is 5.69 Å². The number of para-hydroxylation sites is 1. The number of hydrogen-bond acceptors (Lipinski definition) is 3. The molecule has 0 spiro atoms. The predicted octanol–water partition coefficient (Wildman–Crippen LogP) is 2.29. The van der Waals surface area contributed by atoms with Crippen molar-refractivity contribution in [1.82, 2.24) is 4.90 Å². The van der Waals surface area contributed by atoms with Gasteiger partial charge in [0.2, 0.25) is 11.8 Å². The monoisotopic (exact) mass is 356 g/mol. The van der Waals surface area contributed by atoms with Gasteiger partial charge in [-0.1, -0.05) is 24.6 Å². The number of carbonyl (C=O) groups excluding carboxylic acids is 2. The van der Waals surface area contributed by atoms with E-state index in [1.54, 1.807) is 4.90 Å². The first-order chi connectivity index (χ1) is 12.5. The molecule has 0 bridgehead atoms. The maximum Gasteiger partial charge on any atom is 0.326 e. The third-order valence-corrected chi connectivity index (χ3v) is 6.28. The second-order valence-corrected chi connectivity index (χ2v) is 7.77. The zero-order valence-electron chi connectivity index (χ0n) is 14.7. The average Bonchev–Trinajstić information content (AvgIpc) is 3.20. The Morgan fingerprint density at radius 3 is 2.85 bits per heavy atom. The van der Waals surface area contributed by atoms with Gasteiger partial charge in [0.05, 0.1) is 0 Å². The van der Waals surface area contributed by atoms with Gasteiger partial charge in [0.1, 0.15) is 6.04 Å². The Morgan fingerprint density at radius 2 is 2.04 bits per heavy atom. The number of nitrogens with one attached hydrogen (secondary N) is 1. The number of benzene rings is 1. The van der Waals surface area contributed by atoms with Crippen LogP contribution in [0.5, 0.6) is 0 Å². The van der Waals surface area contributed by atoms with Crippen molar-refractivity contribution in [3.63, 3.8) is 0 Å². The summed E-state index contributed by atoms with van der Waals surface area (Å²) in [5, 5.41) is 12.5. The summed E-state index contributed by atoms with van der Waals surface area (Å²) in [6, 6.07) is 7.02. The minimum Gasteiger partial charge on any atom is -0.480 e. The number of fused-ring (bicyclic) bond motifs is 2. The molecular weight excluding hydrogens is 332 g/mol. The van der Waals surface area contributed by atoms with Crippen molar-refractivity contribution < 1.29 is 19.5 Å². The van der Waals surface area contributed by atoms with Gasteiger partial charge in [-0.25, -0.2) is 4.79 Å². The molecule has 4 rings (SSSR count). The number of aliphatic carboxylic acids is 1. The highest BCUT2D eigenvalue weighted by Crippen LogP contribution is 2.42. The standard InChI is InChI=1S/C20H24N2O4/c23-17(22-11-14-5-3-6-15(14)18(22)20(25)26)9-8-13-10-12-4-1-2-7-16(12)21-19(13)24/h1-2,4,7,13-15,18H,3,5-6,8-11H2,(H,21,24)(H,25,26). The number of carbonyl (C=O) groups is 3. The highest BCUT2D eigenvalue weighted by molar-refractivity contribution is 5.96. The number of amides is 2. The first-order valence-corrected chi connectivity index (χ1v) is 9.45. The van der Waals surface area contributed by atoms with Gasteiger partial charge in [-0.15, -0.1) is 0 Å². The van der Waals surface area contributed by atoms with Gasteiger partial charge in [0, 0.05) is 24.6 Å². The van der Waals surface area contributed by atoms with E-state index in [2.05, 4.69) is 5.32 Å². The number of likely N-dealkylation sites (tertiary alicyclic amines) is 1. The fourth-order valence-electron chi connectivity index (χ4n) is 4.97. The summed E-state index contributed by atoms with van der Waals surface area (Å²) in [4.78, 5) is 38.3. The van der Waals surface area contributed by atoms with Crippen molar-refractivity contribution in [2.45, 2.75) is 44.6 Å². The first-order valence-electron chi connectivity index (χ1n) is 9.45. The van der Waals surface area contributed by atoms with Crippen LogP contribution >= 0.6 is 0 Å². The summed E-state index contributed by atoms with van der Waals surface area (Å²) in [5.41, 5.74) is 1.93. The van der Waals surface area contributed by atoms with E-state index in [4.69, 9.17) is 0 Å². The molecule has 2 fully saturated rings. The van der Waals surface area contributed by atoms with Gasteiger partial charge < -0.3 is 15.3 Å². The van der Waals surface area contributed by atoms with E-state index in [0.717, 1.165) is 30.5 Å². The quantitative estimate of drug-likeness (QED) is 0.867. The molecule has 1 saturated carbocycles. The van der Waals surface area contributed by atoms with E-state index >= 15 is 0 Å². The Morgan fingerprint density at radius 1 is 1.23 bits per heavy atom. The van der Waals surface area contributed by atoms with Crippen molar-refractivity contribution in [3.8, 4) is 0 Å². The summed E-state index contributed by atoms with van der Waals surface area (Å²) in [6.07, 6.45) is 4.28. The molecule has 138 valence electrons. The normalized spacial score (nSPS) is 29.8. The highest BCUT2D eigenvalue weighted by Gasteiger charge is 2.49. The van der Waals surface area contributed by atoms with Gasteiger partial charge in [-0.3, -0.25) is 9.59 Å². The summed E-state index contributed by atoms with van der Waals surface area (Å²) in [7, 11) is 0. The van der Waals surface area contributed by atoms with E-state index in [0.29, 0.717) is 25.3 Å². The number of nitrogens with zero attached hydrogens (tertiary/aromatic N) is 1. The summed E-state index contributed by atoms with van der Waals surface area (Å²) in [5.74, 6) is -0.884. The lowest BCUT2D eigenvalue weighted by Crippen LogP contribution is -2.43. The van der Waals surface area contributed by atoms with Gasteiger partial charge in [0.25, 0.3) is 0 Å². The third-order valence-electron chi connectivity index (χ3n) is 6.28. The SMILES string of the molecule is O=C1Nc2ccccc2CC1CCC(=O)N1CC2CCCC2C1C(=O)O. The van der Waals surface area contributed by atoms with Crippen LogP contribution in [0.2, 0.25) is 0 Å². The van der Waals surface area contributed by atoms with E-state index in [1.807, 2.05) is 24.3 Å². The Hall–Kier alpha value is -2.37. The second-order valence-electron chi connectivity index (χ2n) is 7.77. The van der Waals surface area contributed by atoms with Crippen molar-refractivity contribution >= 4 is 23.5 Å². The lowest BCUT2D eigenvalue weighted by Gasteiger charge is -2.27. The summed E-state index contributed by atoms with van der Waals surface area (Å²) in [6.45, 7) is 0.556. The average molecular weight is 356 g/mol. The summed E-state index contributed by atoms with van der Waals surface area (Å²) >= 11 is 0. The van der Waals surface area contributed by atoms with Crippen molar-refractivity contribution in [3.05, 3.63) is 29.8 Å². The molecule has 6 heteroatoms. The maximum absolute atomic E-state index is 12.7. The van der Waals surface area contributed by atoms with Crippen LogP contribution in [-0.2, 0) is 20.8 Å². The molecule has 6 nitrogen and oxygen atoms in total. The molecule has 0 aromatic heterocycles. The van der Waals surface area contributed by atoms with Crippen molar-refractivity contribution in [1.29, 1.82) is 0 Å². The smallest absolute Gasteiger partial charge is 0.326 e. The Kier molecular flexibility index (Phi) is 4.42. The molecular formula is C20H24N2O4. The minimum atomic E-state index is -0.892. The van der Waals surface area contributed by atoms with Crippen LogP contribution in [0, 0.1) is 17.8 Å². The van der Waals surface area contributed by atoms with Crippen LogP contribution in [0.15, 0.2) is 24.3 Å². The van der Waals surface area contributed by atoms with E-state index in [1.165, 1.54) is 0 Å². The third kappa shape index (κ3) is 2.97. The lowest BCUT2D eigenvalue weighted by molar-refractivity contribution is -0.149. The second kappa shape index (κ2) is 6.74. The molecule has 1 saturated heterocycles. The maximum atomic E-state index is 12.7. The number of carboxylic acids is 1. The number of anilines is 1. The van der Waals surface area contributed by atoms with Gasteiger partial charge in [0.15, 0.2) is 0 Å². The van der Waals surface area contributed by atoms with E-state index < -0.39 is 12.0 Å². The van der Waals surface area contributed by atoms with Gasteiger partial charge >= 0.3 is 5.97 Å². The van der Waals surface area contributed by atoms with Crippen LogP contribution in [0.25, 0.3) is 0 Å². The molecule has 2 N–H and O–H groups in total. The summed E-state index contributed by atoms with van der Waals surface area (Å²) < 4.78 is 0. The van der Waals surface area contributed by atoms with Crippen LogP contribution in [0.1, 0.15) is 37.7 Å². The highest BCUT2D eigenvalue weighted by atomic mass is 16.4. The van der Waals surface area contributed by atoms with E-state index in [-0.39, 0.29) is 30.1 Å². The number of rotatable bonds is 4. The molecule has 1 aromatic carbocycles. The fraction of sp³-hybridized carbons (Fsp3) is 0.550.